The van der Waals surface area contributed by atoms with Crippen LogP contribution in [0.15, 0.2) is 18.2 Å². The molecule has 0 heterocycles. The molecule has 4 nitrogen and oxygen atoms in total. The molecule has 6 heteroatoms. The van der Waals surface area contributed by atoms with Gasteiger partial charge < -0.3 is 14.8 Å². The minimum Gasteiger partial charge on any atom is -0.481 e. The molecule has 0 unspecified atom stereocenters. The van der Waals surface area contributed by atoms with Crippen LogP contribution in [-0.2, 0) is 4.74 Å². The fourth-order valence-corrected chi connectivity index (χ4v) is 1.84. The highest BCUT2D eigenvalue weighted by Crippen LogP contribution is 2.19. The first-order valence-corrected chi connectivity index (χ1v) is 5.86. The summed E-state index contributed by atoms with van der Waals surface area (Å²) in [6.45, 7) is 6.23. The first kappa shape index (κ1) is 14.8. The van der Waals surface area contributed by atoms with E-state index in [1.165, 1.54) is 7.11 Å². The topological polar surface area (TPSA) is 73.5 Å². The molecule has 0 spiro atoms. The number of benzene rings is 1. The SMILES string of the molecule is COC(=N)c1ccc(B(O)O)c(BC(C)(C)C)c1. The maximum Gasteiger partial charge on any atom is 0.487 e. The first-order chi connectivity index (χ1) is 8.24. The van der Waals surface area contributed by atoms with E-state index in [1.807, 2.05) is 0 Å². The lowest BCUT2D eigenvalue weighted by molar-refractivity contribution is 0.401. The summed E-state index contributed by atoms with van der Waals surface area (Å²) >= 11 is 0. The van der Waals surface area contributed by atoms with Gasteiger partial charge in [-0.2, -0.15) is 0 Å². The van der Waals surface area contributed by atoms with Gasteiger partial charge in [0.1, 0.15) is 0 Å². The molecule has 0 aliphatic rings. The summed E-state index contributed by atoms with van der Waals surface area (Å²) in [6.07, 6.45) is 0. The van der Waals surface area contributed by atoms with Crippen LogP contribution in [0.25, 0.3) is 0 Å². The van der Waals surface area contributed by atoms with Crippen LogP contribution in [0.4, 0.5) is 0 Å². The third-order valence-electron chi connectivity index (χ3n) is 2.61. The van der Waals surface area contributed by atoms with E-state index in [1.54, 1.807) is 18.2 Å². The Hall–Kier alpha value is -1.26. The molecule has 0 atom stereocenters. The predicted molar refractivity (Wildman–Crippen MR) is 76.6 cm³/mol. The molecule has 96 valence electrons. The molecule has 0 fully saturated rings. The van der Waals surface area contributed by atoms with Crippen molar-refractivity contribution in [1.82, 2.24) is 0 Å². The number of methoxy groups -OCH3 is 1. The molecule has 1 aromatic carbocycles. The second-order valence-electron chi connectivity index (χ2n) is 5.56. The van der Waals surface area contributed by atoms with E-state index in [2.05, 4.69) is 20.8 Å². The highest BCUT2D eigenvalue weighted by molar-refractivity contribution is 6.70. The molecular weight excluding hydrogens is 228 g/mol. The molecule has 0 saturated carbocycles. The van der Waals surface area contributed by atoms with Crippen LogP contribution >= 0.6 is 0 Å². The normalized spacial score (nSPS) is 11.0. The van der Waals surface area contributed by atoms with Crippen LogP contribution in [0.2, 0.25) is 5.31 Å². The Kier molecular flexibility index (Phi) is 4.59. The molecule has 1 rings (SSSR count). The summed E-state index contributed by atoms with van der Waals surface area (Å²) in [5, 5.41) is 26.4. The Balaban J connectivity index is 3.20. The zero-order chi connectivity index (χ0) is 13.9. The monoisotopic (exact) mass is 247 g/mol. The van der Waals surface area contributed by atoms with Crippen LogP contribution < -0.4 is 10.9 Å². The quantitative estimate of drug-likeness (QED) is 0.387. The molecule has 3 N–H and O–H groups in total. The van der Waals surface area contributed by atoms with Crippen molar-refractivity contribution in [3.8, 4) is 0 Å². The predicted octanol–water partition coefficient (Wildman–Crippen LogP) is -0.382. The van der Waals surface area contributed by atoms with E-state index in [0.717, 1.165) is 5.46 Å². The number of rotatable bonds is 3. The molecule has 0 bridgehead atoms. The maximum atomic E-state index is 9.36. The fourth-order valence-electron chi connectivity index (χ4n) is 1.84. The van der Waals surface area contributed by atoms with Crippen LogP contribution in [0.1, 0.15) is 26.3 Å². The van der Waals surface area contributed by atoms with Gasteiger partial charge in [0.15, 0.2) is 7.28 Å². The smallest absolute Gasteiger partial charge is 0.481 e. The van der Waals surface area contributed by atoms with Crippen molar-refractivity contribution < 1.29 is 14.8 Å². The molecule has 0 saturated heterocycles. The van der Waals surface area contributed by atoms with Crippen molar-refractivity contribution in [2.45, 2.75) is 26.1 Å². The highest BCUT2D eigenvalue weighted by Gasteiger charge is 2.22. The minimum absolute atomic E-state index is 0.0253. The molecular formula is C12H19B2NO3. The number of ether oxygens (including phenoxy) is 1. The standard InChI is InChI=1S/C12H19B2NO3/c1-12(2,3)13-9-7-8(11(15)18-4)5-6-10(9)14(16)17/h5-7,13,15-17H,1-4H3. The average Bonchev–Trinajstić information content (AvgIpc) is 2.25. The summed E-state index contributed by atoms with van der Waals surface area (Å²) in [4.78, 5) is 0. The molecule has 0 aliphatic heterocycles. The lowest BCUT2D eigenvalue weighted by Gasteiger charge is -2.19. The Labute approximate surface area is 109 Å². The summed E-state index contributed by atoms with van der Waals surface area (Å²) in [6, 6.07) is 5.08. The van der Waals surface area contributed by atoms with Gasteiger partial charge in [-0.3, -0.25) is 5.41 Å². The zero-order valence-corrected chi connectivity index (χ0v) is 11.3. The molecule has 0 radical (unpaired) electrons. The van der Waals surface area contributed by atoms with Crippen molar-refractivity contribution in [2.24, 2.45) is 0 Å². The highest BCUT2D eigenvalue weighted by atomic mass is 16.5. The van der Waals surface area contributed by atoms with Gasteiger partial charge in [-0.05, 0) is 11.5 Å². The van der Waals surface area contributed by atoms with Crippen LogP contribution in [-0.4, -0.2) is 37.5 Å². The Bertz CT molecular complexity index is 441. The average molecular weight is 247 g/mol. The molecule has 1 aromatic rings. The van der Waals surface area contributed by atoms with Gasteiger partial charge in [-0.1, -0.05) is 43.7 Å². The van der Waals surface area contributed by atoms with E-state index in [-0.39, 0.29) is 11.2 Å². The largest absolute Gasteiger partial charge is 0.487 e. The lowest BCUT2D eigenvalue weighted by Crippen LogP contribution is -2.46. The van der Waals surface area contributed by atoms with Gasteiger partial charge in [0.05, 0.1) is 7.11 Å². The van der Waals surface area contributed by atoms with Gasteiger partial charge in [0.2, 0.25) is 5.90 Å². The van der Waals surface area contributed by atoms with Gasteiger partial charge >= 0.3 is 7.12 Å². The van der Waals surface area contributed by atoms with E-state index in [9.17, 15) is 10.0 Å². The van der Waals surface area contributed by atoms with Crippen LogP contribution in [0.5, 0.6) is 0 Å². The lowest BCUT2D eigenvalue weighted by atomic mass is 9.48. The molecule has 0 amide bonds. The van der Waals surface area contributed by atoms with Crippen molar-refractivity contribution in [3.05, 3.63) is 23.8 Å². The molecule has 18 heavy (non-hydrogen) atoms. The minimum atomic E-state index is -1.49. The van der Waals surface area contributed by atoms with Crippen molar-refractivity contribution in [2.75, 3.05) is 7.11 Å². The van der Waals surface area contributed by atoms with E-state index < -0.39 is 7.12 Å². The van der Waals surface area contributed by atoms with Crippen LogP contribution in [0, 0.1) is 5.41 Å². The fraction of sp³-hybridized carbons (Fsp3) is 0.417. The Morgan fingerprint density at radius 3 is 2.39 bits per heavy atom. The number of hydrogen-bond acceptors (Lipinski definition) is 4. The molecule has 0 aromatic heterocycles. The Morgan fingerprint density at radius 2 is 1.94 bits per heavy atom. The second kappa shape index (κ2) is 5.59. The second-order valence-corrected chi connectivity index (χ2v) is 5.56. The van der Waals surface area contributed by atoms with Crippen molar-refractivity contribution >= 4 is 31.2 Å². The van der Waals surface area contributed by atoms with Crippen molar-refractivity contribution in [1.29, 1.82) is 5.41 Å². The summed E-state index contributed by atoms with van der Waals surface area (Å²) in [5.41, 5.74) is 1.95. The summed E-state index contributed by atoms with van der Waals surface area (Å²) < 4.78 is 4.88. The van der Waals surface area contributed by atoms with Crippen LogP contribution in [0.3, 0.4) is 0 Å². The zero-order valence-electron chi connectivity index (χ0n) is 11.3. The van der Waals surface area contributed by atoms with Gasteiger partial charge in [-0.15, -0.1) is 0 Å². The van der Waals surface area contributed by atoms with Gasteiger partial charge in [0, 0.05) is 5.56 Å². The first-order valence-electron chi connectivity index (χ1n) is 5.86. The third-order valence-corrected chi connectivity index (χ3v) is 2.61. The number of nitrogens with one attached hydrogen (secondary N) is 1. The van der Waals surface area contributed by atoms with Gasteiger partial charge in [0.25, 0.3) is 0 Å². The molecule has 0 aliphatic carbocycles. The third kappa shape index (κ3) is 3.89. The Morgan fingerprint density at radius 1 is 1.33 bits per heavy atom. The summed E-state index contributed by atoms with van der Waals surface area (Å²) in [7, 11) is 0.652. The van der Waals surface area contributed by atoms with Gasteiger partial charge in [-0.25, -0.2) is 0 Å². The number of hydrogen-bond donors (Lipinski definition) is 3. The van der Waals surface area contributed by atoms with Crippen molar-refractivity contribution in [3.63, 3.8) is 0 Å². The van der Waals surface area contributed by atoms with E-state index in [4.69, 9.17) is 10.1 Å². The van der Waals surface area contributed by atoms with E-state index >= 15 is 0 Å². The van der Waals surface area contributed by atoms with E-state index in [0.29, 0.717) is 18.3 Å². The maximum absolute atomic E-state index is 9.36. The summed E-state index contributed by atoms with van der Waals surface area (Å²) in [5.74, 6) is 0.0733.